The number of hydrogen-bond donors (Lipinski definition) is 1. The largest absolute Gasteiger partial charge is 0.300 e. The molecule has 0 atom stereocenters. The lowest BCUT2D eigenvalue weighted by Gasteiger charge is -1.98. The van der Waals surface area contributed by atoms with Gasteiger partial charge in [0, 0.05) is 19.4 Å². The lowest BCUT2D eigenvalue weighted by Crippen LogP contribution is -2.24. The second kappa shape index (κ2) is 4.46. The molecule has 0 aromatic rings. The van der Waals surface area contributed by atoms with Crippen molar-refractivity contribution in [1.82, 2.24) is 4.72 Å². The molecule has 0 aliphatic carbocycles. The number of sulfonamides is 1. The van der Waals surface area contributed by atoms with Crippen LogP contribution in [0.25, 0.3) is 0 Å². The lowest BCUT2D eigenvalue weighted by atomic mass is 10.2. The number of rotatable bonds is 5. The highest BCUT2D eigenvalue weighted by molar-refractivity contribution is 7.88. The number of hydrogen-bond acceptors (Lipinski definition) is 3. The molecule has 0 aromatic carbocycles. The van der Waals surface area contributed by atoms with Crippen LogP contribution in [0.15, 0.2) is 0 Å². The summed E-state index contributed by atoms with van der Waals surface area (Å²) >= 11 is 0. The average molecular weight is 179 g/mol. The summed E-state index contributed by atoms with van der Waals surface area (Å²) in [6.07, 6.45) is 1.82. The number of carbonyl (C=O) groups excluding carboxylic acids is 1. The van der Waals surface area contributed by atoms with Crippen molar-refractivity contribution in [2.24, 2.45) is 0 Å². The summed E-state index contributed by atoms with van der Waals surface area (Å²) < 4.78 is 23.2. The van der Waals surface area contributed by atoms with E-state index in [1.165, 1.54) is 0 Å². The van der Waals surface area contributed by atoms with Gasteiger partial charge in [-0.3, -0.25) is 4.79 Å². The van der Waals surface area contributed by atoms with Crippen molar-refractivity contribution in [3.8, 4) is 0 Å². The van der Waals surface area contributed by atoms with Gasteiger partial charge in [0.25, 0.3) is 0 Å². The molecule has 0 spiro atoms. The monoisotopic (exact) mass is 179 g/mol. The van der Waals surface area contributed by atoms with E-state index in [9.17, 15) is 13.2 Å². The quantitative estimate of drug-likeness (QED) is 0.641. The van der Waals surface area contributed by atoms with E-state index in [-0.39, 0.29) is 18.7 Å². The molecule has 0 saturated carbocycles. The molecule has 0 unspecified atom stereocenters. The van der Waals surface area contributed by atoms with Crippen LogP contribution in [0.3, 0.4) is 0 Å². The van der Waals surface area contributed by atoms with E-state index >= 15 is 0 Å². The molecular formula is C6H13NO3S. The molecule has 0 fully saturated rings. The molecule has 0 heterocycles. The first-order valence-corrected chi connectivity index (χ1v) is 5.31. The van der Waals surface area contributed by atoms with Gasteiger partial charge in [-0.15, -0.1) is 0 Å². The molecule has 11 heavy (non-hydrogen) atoms. The molecule has 0 aliphatic rings. The van der Waals surface area contributed by atoms with Gasteiger partial charge in [-0.05, 0) is 0 Å². The van der Waals surface area contributed by atoms with Crippen LogP contribution in [-0.4, -0.2) is 27.0 Å². The third kappa shape index (κ3) is 7.48. The topological polar surface area (TPSA) is 63.2 Å². The van der Waals surface area contributed by atoms with Gasteiger partial charge in [-0.1, -0.05) is 6.92 Å². The Kier molecular flexibility index (Phi) is 4.29. The number of ketones is 1. The fraction of sp³-hybridized carbons (Fsp3) is 0.833. The highest BCUT2D eigenvalue weighted by Crippen LogP contribution is 1.86. The van der Waals surface area contributed by atoms with Crippen molar-refractivity contribution < 1.29 is 13.2 Å². The Balaban J connectivity index is 3.51. The molecular weight excluding hydrogens is 166 g/mol. The normalized spacial score (nSPS) is 11.5. The van der Waals surface area contributed by atoms with Crippen molar-refractivity contribution in [2.75, 3.05) is 12.8 Å². The van der Waals surface area contributed by atoms with Crippen molar-refractivity contribution >= 4 is 15.8 Å². The van der Waals surface area contributed by atoms with E-state index in [4.69, 9.17) is 0 Å². The lowest BCUT2D eigenvalue weighted by molar-refractivity contribution is -0.118. The highest BCUT2D eigenvalue weighted by atomic mass is 32.2. The summed E-state index contributed by atoms with van der Waals surface area (Å²) in [5, 5.41) is 0. The van der Waals surface area contributed by atoms with Crippen molar-refractivity contribution in [3.05, 3.63) is 0 Å². The van der Waals surface area contributed by atoms with Crippen LogP contribution in [0.4, 0.5) is 0 Å². The first-order valence-electron chi connectivity index (χ1n) is 3.42. The zero-order valence-electron chi connectivity index (χ0n) is 6.75. The minimum atomic E-state index is -3.13. The Bertz CT molecular complexity index is 220. The van der Waals surface area contributed by atoms with Gasteiger partial charge >= 0.3 is 0 Å². The van der Waals surface area contributed by atoms with Crippen LogP contribution in [0, 0.1) is 0 Å². The molecule has 0 bridgehead atoms. The maximum absolute atomic E-state index is 10.7. The molecule has 0 aliphatic heterocycles. The SMILES string of the molecule is CCC(=O)CCNS(C)(=O)=O. The van der Waals surface area contributed by atoms with Gasteiger partial charge in [0.1, 0.15) is 5.78 Å². The Morgan fingerprint density at radius 1 is 1.45 bits per heavy atom. The van der Waals surface area contributed by atoms with E-state index in [1.54, 1.807) is 6.92 Å². The van der Waals surface area contributed by atoms with Crippen LogP contribution in [0.5, 0.6) is 0 Å². The van der Waals surface area contributed by atoms with Crippen molar-refractivity contribution in [3.63, 3.8) is 0 Å². The molecule has 0 radical (unpaired) electrons. The Morgan fingerprint density at radius 3 is 2.36 bits per heavy atom. The predicted molar refractivity (Wildman–Crippen MR) is 42.8 cm³/mol. The van der Waals surface area contributed by atoms with Crippen LogP contribution >= 0.6 is 0 Å². The van der Waals surface area contributed by atoms with E-state index in [0.717, 1.165) is 6.26 Å². The summed E-state index contributed by atoms with van der Waals surface area (Å²) in [5.74, 6) is 0.0705. The van der Waals surface area contributed by atoms with E-state index in [2.05, 4.69) is 4.72 Å². The van der Waals surface area contributed by atoms with E-state index in [1.807, 2.05) is 0 Å². The van der Waals surface area contributed by atoms with Gasteiger partial charge in [0.05, 0.1) is 6.26 Å². The highest BCUT2D eigenvalue weighted by Gasteiger charge is 2.01. The molecule has 66 valence electrons. The summed E-state index contributed by atoms with van der Waals surface area (Å²) in [4.78, 5) is 10.7. The van der Waals surface area contributed by atoms with Gasteiger partial charge in [0.2, 0.25) is 10.0 Å². The first-order chi connectivity index (χ1) is 4.95. The standard InChI is InChI=1S/C6H13NO3S/c1-3-6(8)4-5-7-11(2,9)10/h7H,3-5H2,1-2H3. The fourth-order valence-electron chi connectivity index (χ4n) is 0.553. The molecule has 0 aromatic heterocycles. The third-order valence-corrected chi connectivity index (χ3v) is 1.89. The number of nitrogens with one attached hydrogen (secondary N) is 1. The molecule has 4 nitrogen and oxygen atoms in total. The first kappa shape index (κ1) is 10.6. The maximum Gasteiger partial charge on any atom is 0.208 e. The zero-order valence-corrected chi connectivity index (χ0v) is 7.57. The Labute approximate surface area is 67.0 Å². The molecule has 0 saturated heterocycles. The van der Waals surface area contributed by atoms with E-state index < -0.39 is 10.0 Å². The van der Waals surface area contributed by atoms with Gasteiger partial charge in [-0.25, -0.2) is 13.1 Å². The second-order valence-corrected chi connectivity index (χ2v) is 4.14. The average Bonchev–Trinajstić information content (AvgIpc) is 1.85. The third-order valence-electron chi connectivity index (χ3n) is 1.16. The summed E-state index contributed by atoms with van der Waals surface area (Å²) in [7, 11) is -3.13. The molecule has 1 N–H and O–H groups in total. The smallest absolute Gasteiger partial charge is 0.208 e. The minimum Gasteiger partial charge on any atom is -0.300 e. The zero-order chi connectivity index (χ0) is 8.91. The van der Waals surface area contributed by atoms with Crippen LogP contribution in [0.1, 0.15) is 19.8 Å². The summed E-state index contributed by atoms with van der Waals surface area (Å²) in [6, 6.07) is 0. The maximum atomic E-state index is 10.7. The Morgan fingerprint density at radius 2 is 2.00 bits per heavy atom. The van der Waals surface area contributed by atoms with E-state index in [0.29, 0.717) is 6.42 Å². The Hall–Kier alpha value is -0.420. The van der Waals surface area contributed by atoms with Gasteiger partial charge < -0.3 is 0 Å². The summed E-state index contributed by atoms with van der Waals surface area (Å²) in [6.45, 7) is 1.97. The molecule has 0 amide bonds. The van der Waals surface area contributed by atoms with Crippen LogP contribution in [0.2, 0.25) is 0 Å². The number of Topliss-reactive ketones (excluding diaryl/α,β-unsaturated/α-hetero) is 1. The van der Waals surface area contributed by atoms with Crippen LogP contribution in [-0.2, 0) is 14.8 Å². The summed E-state index contributed by atoms with van der Waals surface area (Å²) in [5.41, 5.74) is 0. The van der Waals surface area contributed by atoms with Crippen molar-refractivity contribution in [1.29, 1.82) is 0 Å². The predicted octanol–water partition coefficient (Wildman–Crippen LogP) is -0.0952. The molecule has 5 heteroatoms. The van der Waals surface area contributed by atoms with Gasteiger partial charge in [0.15, 0.2) is 0 Å². The minimum absolute atomic E-state index is 0.0705. The van der Waals surface area contributed by atoms with Crippen LogP contribution < -0.4 is 4.72 Å². The second-order valence-electron chi connectivity index (χ2n) is 2.31. The van der Waals surface area contributed by atoms with Gasteiger partial charge in [-0.2, -0.15) is 0 Å². The number of carbonyl (C=O) groups is 1. The molecule has 0 rings (SSSR count). The van der Waals surface area contributed by atoms with Crippen molar-refractivity contribution in [2.45, 2.75) is 19.8 Å². The fourth-order valence-corrected chi connectivity index (χ4v) is 1.03.